The minimum Gasteiger partial charge on any atom is -0.484 e. The molecule has 0 aliphatic carbocycles. The van der Waals surface area contributed by atoms with Gasteiger partial charge in [0.1, 0.15) is 11.6 Å². The summed E-state index contributed by atoms with van der Waals surface area (Å²) in [5, 5.41) is 2.55. The fraction of sp³-hybridized carbons (Fsp3) is 0.278. The molecule has 0 radical (unpaired) electrons. The third-order valence-electron chi connectivity index (χ3n) is 3.56. The minimum atomic E-state index is -3.64. The van der Waals surface area contributed by atoms with Gasteiger partial charge in [0, 0.05) is 13.1 Å². The molecule has 0 unspecified atom stereocenters. The number of benzene rings is 2. The molecule has 2 aromatic carbocycles. The van der Waals surface area contributed by atoms with Gasteiger partial charge in [-0.2, -0.15) is 0 Å². The maximum Gasteiger partial charge on any atom is 0.257 e. The SMILES string of the molecule is Cc1ccc(C)c(S(=O)(=O)NCCNC(=O)COc2ccc(F)cc2)c1. The molecule has 2 rings (SSSR count). The van der Waals surface area contributed by atoms with E-state index in [1.54, 1.807) is 19.1 Å². The first-order chi connectivity index (χ1) is 12.3. The van der Waals surface area contributed by atoms with Crippen LogP contribution in [0.4, 0.5) is 4.39 Å². The molecule has 0 aromatic heterocycles. The molecule has 0 aliphatic rings. The molecule has 8 heteroatoms. The van der Waals surface area contributed by atoms with E-state index in [4.69, 9.17) is 4.74 Å². The van der Waals surface area contributed by atoms with Crippen molar-refractivity contribution in [2.75, 3.05) is 19.7 Å². The predicted molar refractivity (Wildman–Crippen MR) is 96.0 cm³/mol. The first kappa shape index (κ1) is 19.9. The summed E-state index contributed by atoms with van der Waals surface area (Å²) in [5.41, 5.74) is 1.50. The molecule has 26 heavy (non-hydrogen) atoms. The van der Waals surface area contributed by atoms with Crippen molar-refractivity contribution < 1.29 is 22.3 Å². The summed E-state index contributed by atoms with van der Waals surface area (Å²) in [7, 11) is -3.64. The molecular weight excluding hydrogens is 359 g/mol. The average Bonchev–Trinajstić information content (AvgIpc) is 2.60. The van der Waals surface area contributed by atoms with Crippen molar-refractivity contribution in [2.45, 2.75) is 18.7 Å². The number of sulfonamides is 1. The standard InChI is InChI=1S/C18H21FN2O4S/c1-13-3-4-14(2)17(11-13)26(23,24)21-10-9-20-18(22)12-25-16-7-5-15(19)6-8-16/h3-8,11,21H,9-10,12H2,1-2H3,(H,20,22). The normalized spacial score (nSPS) is 11.2. The van der Waals surface area contributed by atoms with E-state index in [9.17, 15) is 17.6 Å². The van der Waals surface area contributed by atoms with Gasteiger partial charge in [0.05, 0.1) is 4.90 Å². The topological polar surface area (TPSA) is 84.5 Å². The number of nitrogens with one attached hydrogen (secondary N) is 2. The second-order valence-electron chi connectivity index (χ2n) is 5.76. The molecule has 0 bridgehead atoms. The number of amides is 1. The van der Waals surface area contributed by atoms with Crippen molar-refractivity contribution in [3.63, 3.8) is 0 Å². The van der Waals surface area contributed by atoms with E-state index in [0.29, 0.717) is 11.3 Å². The molecule has 0 fully saturated rings. The second kappa shape index (κ2) is 8.77. The fourth-order valence-electron chi connectivity index (χ4n) is 2.19. The van der Waals surface area contributed by atoms with Crippen LogP contribution in [0.1, 0.15) is 11.1 Å². The Kier molecular flexibility index (Phi) is 6.70. The van der Waals surface area contributed by atoms with Crippen molar-refractivity contribution in [3.8, 4) is 5.75 Å². The van der Waals surface area contributed by atoms with Gasteiger partial charge in [0.15, 0.2) is 6.61 Å². The molecular formula is C18H21FN2O4S. The van der Waals surface area contributed by atoms with E-state index in [1.165, 1.54) is 24.3 Å². The average molecular weight is 380 g/mol. The Balaban J connectivity index is 1.76. The minimum absolute atomic E-state index is 0.0536. The third kappa shape index (κ3) is 5.82. The van der Waals surface area contributed by atoms with Gasteiger partial charge in [0.25, 0.3) is 5.91 Å². The second-order valence-corrected chi connectivity index (χ2v) is 7.49. The smallest absolute Gasteiger partial charge is 0.257 e. The summed E-state index contributed by atoms with van der Waals surface area (Å²) in [6.45, 7) is 3.48. The van der Waals surface area contributed by atoms with Crippen LogP contribution in [0.3, 0.4) is 0 Å². The Labute approximate surface area is 152 Å². The summed E-state index contributed by atoms with van der Waals surface area (Å²) in [4.78, 5) is 11.9. The Morgan fingerprint density at radius 2 is 1.77 bits per heavy atom. The Hall–Kier alpha value is -2.45. The van der Waals surface area contributed by atoms with Crippen LogP contribution >= 0.6 is 0 Å². The molecule has 0 saturated heterocycles. The summed E-state index contributed by atoms with van der Waals surface area (Å²) in [6, 6.07) is 10.5. The van der Waals surface area contributed by atoms with Crippen LogP contribution in [-0.2, 0) is 14.8 Å². The van der Waals surface area contributed by atoms with Gasteiger partial charge in [-0.15, -0.1) is 0 Å². The van der Waals surface area contributed by atoms with E-state index in [1.807, 2.05) is 13.0 Å². The van der Waals surface area contributed by atoms with Crippen molar-refractivity contribution in [1.82, 2.24) is 10.0 Å². The van der Waals surface area contributed by atoms with E-state index in [-0.39, 0.29) is 24.6 Å². The van der Waals surface area contributed by atoms with Gasteiger partial charge < -0.3 is 10.1 Å². The lowest BCUT2D eigenvalue weighted by atomic mass is 10.2. The third-order valence-corrected chi connectivity index (χ3v) is 5.16. The number of hydrogen-bond donors (Lipinski definition) is 2. The summed E-state index contributed by atoms with van der Waals surface area (Å²) < 4.78 is 45.0. The number of rotatable bonds is 8. The Bertz CT molecular complexity index is 867. The molecule has 1 amide bonds. The van der Waals surface area contributed by atoms with Gasteiger partial charge in [-0.3, -0.25) is 4.79 Å². The number of halogens is 1. The number of carbonyl (C=O) groups excluding carboxylic acids is 1. The lowest BCUT2D eigenvalue weighted by Gasteiger charge is -2.11. The largest absolute Gasteiger partial charge is 0.484 e. The van der Waals surface area contributed by atoms with E-state index in [2.05, 4.69) is 10.0 Å². The zero-order chi connectivity index (χ0) is 19.2. The highest BCUT2D eigenvalue weighted by Gasteiger charge is 2.16. The van der Waals surface area contributed by atoms with Crippen molar-refractivity contribution >= 4 is 15.9 Å². The highest BCUT2D eigenvalue weighted by atomic mass is 32.2. The van der Waals surface area contributed by atoms with Crippen LogP contribution < -0.4 is 14.8 Å². The lowest BCUT2D eigenvalue weighted by Crippen LogP contribution is -2.37. The molecule has 2 aromatic rings. The van der Waals surface area contributed by atoms with Crippen LogP contribution in [-0.4, -0.2) is 34.0 Å². The first-order valence-electron chi connectivity index (χ1n) is 8.00. The van der Waals surface area contributed by atoms with E-state index >= 15 is 0 Å². The number of hydrogen-bond acceptors (Lipinski definition) is 4. The molecule has 0 atom stereocenters. The molecule has 140 valence electrons. The van der Waals surface area contributed by atoms with Crippen molar-refractivity contribution in [1.29, 1.82) is 0 Å². The van der Waals surface area contributed by atoms with Crippen LogP contribution in [0.15, 0.2) is 47.4 Å². The quantitative estimate of drug-likeness (QED) is 0.685. The predicted octanol–water partition coefficient (Wildman–Crippen LogP) is 1.92. The highest BCUT2D eigenvalue weighted by molar-refractivity contribution is 7.89. The first-order valence-corrected chi connectivity index (χ1v) is 9.48. The molecule has 0 spiro atoms. The van der Waals surface area contributed by atoms with Gasteiger partial charge >= 0.3 is 0 Å². The van der Waals surface area contributed by atoms with Gasteiger partial charge in [-0.25, -0.2) is 17.5 Å². The maximum atomic E-state index is 12.8. The Morgan fingerprint density at radius 1 is 1.08 bits per heavy atom. The van der Waals surface area contributed by atoms with E-state index in [0.717, 1.165) is 5.56 Å². The van der Waals surface area contributed by atoms with Gasteiger partial charge in [0.2, 0.25) is 10.0 Å². The zero-order valence-electron chi connectivity index (χ0n) is 14.6. The Morgan fingerprint density at radius 3 is 2.46 bits per heavy atom. The fourth-order valence-corrected chi connectivity index (χ4v) is 3.55. The molecule has 6 nitrogen and oxygen atoms in total. The summed E-state index contributed by atoms with van der Waals surface area (Å²) in [5.74, 6) is -0.421. The van der Waals surface area contributed by atoms with Gasteiger partial charge in [-0.05, 0) is 55.3 Å². The molecule has 0 heterocycles. The lowest BCUT2D eigenvalue weighted by molar-refractivity contribution is -0.123. The highest BCUT2D eigenvalue weighted by Crippen LogP contribution is 2.16. The monoisotopic (exact) mass is 380 g/mol. The number of carbonyl (C=O) groups is 1. The summed E-state index contributed by atoms with van der Waals surface area (Å²) in [6.07, 6.45) is 0. The van der Waals surface area contributed by atoms with Crippen LogP contribution in [0.2, 0.25) is 0 Å². The van der Waals surface area contributed by atoms with Crippen LogP contribution in [0.25, 0.3) is 0 Å². The van der Waals surface area contributed by atoms with Gasteiger partial charge in [-0.1, -0.05) is 12.1 Å². The molecule has 0 saturated carbocycles. The van der Waals surface area contributed by atoms with Crippen molar-refractivity contribution in [3.05, 3.63) is 59.4 Å². The van der Waals surface area contributed by atoms with Crippen molar-refractivity contribution in [2.24, 2.45) is 0 Å². The number of ether oxygens (including phenoxy) is 1. The van der Waals surface area contributed by atoms with E-state index < -0.39 is 21.7 Å². The van der Waals surface area contributed by atoms with Crippen LogP contribution in [0.5, 0.6) is 5.75 Å². The summed E-state index contributed by atoms with van der Waals surface area (Å²) >= 11 is 0. The van der Waals surface area contributed by atoms with Crippen LogP contribution in [0, 0.1) is 19.7 Å². The zero-order valence-corrected chi connectivity index (χ0v) is 15.4. The number of aryl methyl sites for hydroxylation is 2. The molecule has 0 aliphatic heterocycles. The molecule has 2 N–H and O–H groups in total. The maximum absolute atomic E-state index is 12.8.